The Labute approximate surface area is 135 Å². The number of aromatic nitrogens is 2. The quantitative estimate of drug-likeness (QED) is 0.766. The Kier molecular flexibility index (Phi) is 5.22. The van der Waals surface area contributed by atoms with Gasteiger partial charge in [-0.05, 0) is 7.05 Å². The predicted octanol–water partition coefficient (Wildman–Crippen LogP) is -0.176. The molecule has 0 aromatic carbocycles. The van der Waals surface area contributed by atoms with E-state index in [0.29, 0.717) is 12.3 Å². The van der Waals surface area contributed by atoms with Crippen LogP contribution in [0.2, 0.25) is 0 Å². The van der Waals surface area contributed by atoms with Crippen LogP contribution in [0.3, 0.4) is 0 Å². The molecule has 122 valence electrons. The van der Waals surface area contributed by atoms with E-state index in [1.54, 1.807) is 6.33 Å². The Morgan fingerprint density at radius 2 is 1.86 bits per heavy atom. The zero-order valence-electron chi connectivity index (χ0n) is 13.1. The lowest BCUT2D eigenvalue weighted by molar-refractivity contribution is -0.133. The Balaban J connectivity index is 1.37. The van der Waals surface area contributed by atoms with Gasteiger partial charge in [-0.2, -0.15) is 4.37 Å². The van der Waals surface area contributed by atoms with Crippen LogP contribution < -0.4 is 4.90 Å². The van der Waals surface area contributed by atoms with Crippen LogP contribution in [0.25, 0.3) is 0 Å². The van der Waals surface area contributed by atoms with Gasteiger partial charge in [0.2, 0.25) is 11.0 Å². The van der Waals surface area contributed by atoms with Crippen LogP contribution in [0.5, 0.6) is 0 Å². The van der Waals surface area contributed by atoms with Crippen molar-refractivity contribution in [2.45, 2.75) is 6.42 Å². The van der Waals surface area contributed by atoms with E-state index in [-0.39, 0.29) is 0 Å². The summed E-state index contributed by atoms with van der Waals surface area (Å²) in [5.74, 6) is 0.305. The first kappa shape index (κ1) is 15.6. The first-order valence-corrected chi connectivity index (χ1v) is 8.70. The van der Waals surface area contributed by atoms with Gasteiger partial charge >= 0.3 is 0 Å². The minimum absolute atomic E-state index is 0.305. The summed E-state index contributed by atoms with van der Waals surface area (Å²) >= 11 is 1.45. The smallest absolute Gasteiger partial charge is 0.223 e. The molecule has 2 saturated heterocycles. The maximum absolute atomic E-state index is 12.3. The van der Waals surface area contributed by atoms with E-state index in [1.165, 1.54) is 11.5 Å². The summed E-state index contributed by atoms with van der Waals surface area (Å²) in [6, 6.07) is 0. The second-order valence-electron chi connectivity index (χ2n) is 5.99. The average Bonchev–Trinajstić information content (AvgIpc) is 3.08. The van der Waals surface area contributed by atoms with Gasteiger partial charge in [0.15, 0.2) is 0 Å². The number of amides is 1. The van der Waals surface area contributed by atoms with Crippen molar-refractivity contribution >= 4 is 22.6 Å². The van der Waals surface area contributed by atoms with Crippen molar-refractivity contribution in [1.82, 2.24) is 24.1 Å². The number of nitrogens with zero attached hydrogens (tertiary/aromatic N) is 6. The second-order valence-corrected chi connectivity index (χ2v) is 6.75. The third-order valence-corrected chi connectivity index (χ3v) is 5.22. The third-order valence-electron chi connectivity index (χ3n) is 4.49. The zero-order valence-corrected chi connectivity index (χ0v) is 14.0. The third kappa shape index (κ3) is 3.93. The molecule has 0 aliphatic carbocycles. The molecule has 7 nitrogen and oxygen atoms in total. The van der Waals surface area contributed by atoms with Gasteiger partial charge < -0.3 is 14.7 Å². The molecule has 22 heavy (non-hydrogen) atoms. The van der Waals surface area contributed by atoms with Crippen LogP contribution in [0.1, 0.15) is 6.42 Å². The highest BCUT2D eigenvalue weighted by Crippen LogP contribution is 2.16. The highest BCUT2D eigenvalue weighted by atomic mass is 32.1. The molecule has 0 atom stereocenters. The van der Waals surface area contributed by atoms with Gasteiger partial charge in [0, 0.05) is 76.9 Å². The maximum atomic E-state index is 12.3. The number of likely N-dealkylation sites (N-methyl/N-ethyl adjacent to an activating group) is 1. The van der Waals surface area contributed by atoms with Gasteiger partial charge in [-0.15, -0.1) is 0 Å². The summed E-state index contributed by atoms with van der Waals surface area (Å²) in [6.45, 7) is 8.54. The van der Waals surface area contributed by atoms with E-state index in [1.807, 2.05) is 4.90 Å². The molecular formula is C14H24N6OS. The van der Waals surface area contributed by atoms with E-state index < -0.39 is 0 Å². The molecule has 0 unspecified atom stereocenters. The first-order valence-electron chi connectivity index (χ1n) is 7.92. The van der Waals surface area contributed by atoms with Crippen LogP contribution in [0, 0.1) is 0 Å². The average molecular weight is 324 g/mol. The molecule has 1 aromatic heterocycles. The molecule has 2 aliphatic rings. The summed E-state index contributed by atoms with van der Waals surface area (Å²) in [4.78, 5) is 25.4. The maximum Gasteiger partial charge on any atom is 0.223 e. The fraction of sp³-hybridized carbons (Fsp3) is 0.786. The summed E-state index contributed by atoms with van der Waals surface area (Å²) < 4.78 is 4.05. The summed E-state index contributed by atoms with van der Waals surface area (Å²) in [5.41, 5.74) is 0. The van der Waals surface area contributed by atoms with Crippen molar-refractivity contribution < 1.29 is 4.79 Å². The molecule has 3 rings (SSSR count). The minimum atomic E-state index is 0.305. The predicted molar refractivity (Wildman–Crippen MR) is 87.3 cm³/mol. The minimum Gasteiger partial charge on any atom is -0.344 e. The topological polar surface area (TPSA) is 55.8 Å². The molecule has 0 spiro atoms. The number of hydrogen-bond acceptors (Lipinski definition) is 7. The van der Waals surface area contributed by atoms with Crippen LogP contribution >= 0.6 is 11.5 Å². The molecule has 1 aromatic rings. The van der Waals surface area contributed by atoms with Crippen molar-refractivity contribution in [3.63, 3.8) is 0 Å². The highest BCUT2D eigenvalue weighted by Gasteiger charge is 2.22. The van der Waals surface area contributed by atoms with Gasteiger partial charge in [0.1, 0.15) is 6.33 Å². The summed E-state index contributed by atoms with van der Waals surface area (Å²) in [7, 11) is 2.11. The van der Waals surface area contributed by atoms with Gasteiger partial charge in [-0.1, -0.05) is 0 Å². The molecule has 2 fully saturated rings. The van der Waals surface area contributed by atoms with Crippen molar-refractivity contribution in [1.29, 1.82) is 0 Å². The van der Waals surface area contributed by atoms with Gasteiger partial charge in [-0.3, -0.25) is 9.69 Å². The monoisotopic (exact) mass is 324 g/mol. The van der Waals surface area contributed by atoms with Crippen molar-refractivity contribution in [3.05, 3.63) is 6.33 Å². The van der Waals surface area contributed by atoms with E-state index >= 15 is 0 Å². The highest BCUT2D eigenvalue weighted by molar-refractivity contribution is 7.09. The Morgan fingerprint density at radius 1 is 1.14 bits per heavy atom. The Hall–Kier alpha value is -1.25. The standard InChI is InChI=1S/C14H24N6OS/c1-17-4-8-19(9-5-17)13(21)2-3-18-6-10-20(11-7-18)14-15-12-16-22-14/h12H,2-11H2,1H3. The molecule has 1 amide bonds. The normalized spacial score (nSPS) is 21.3. The molecule has 0 saturated carbocycles. The van der Waals surface area contributed by atoms with Gasteiger partial charge in [-0.25, -0.2) is 4.98 Å². The van der Waals surface area contributed by atoms with Crippen LogP contribution in [-0.2, 0) is 4.79 Å². The van der Waals surface area contributed by atoms with Crippen LogP contribution in [0.4, 0.5) is 5.13 Å². The number of hydrogen-bond donors (Lipinski definition) is 0. The molecule has 0 radical (unpaired) electrons. The molecule has 2 aliphatic heterocycles. The van der Waals surface area contributed by atoms with E-state index in [2.05, 4.69) is 31.1 Å². The van der Waals surface area contributed by atoms with Crippen molar-refractivity contribution in [2.24, 2.45) is 0 Å². The lowest BCUT2D eigenvalue weighted by Crippen LogP contribution is -2.49. The molecule has 3 heterocycles. The Bertz CT molecular complexity index is 466. The largest absolute Gasteiger partial charge is 0.344 e. The van der Waals surface area contributed by atoms with Gasteiger partial charge in [0.05, 0.1) is 0 Å². The van der Waals surface area contributed by atoms with Crippen molar-refractivity contribution in [2.75, 3.05) is 70.9 Å². The van der Waals surface area contributed by atoms with Gasteiger partial charge in [0.25, 0.3) is 0 Å². The number of carbonyl (C=O) groups is 1. The number of carbonyl (C=O) groups excluding carboxylic acids is 1. The number of anilines is 1. The first-order chi connectivity index (χ1) is 10.7. The summed E-state index contributed by atoms with van der Waals surface area (Å²) in [6.07, 6.45) is 2.25. The SMILES string of the molecule is CN1CCN(C(=O)CCN2CCN(c3ncns3)CC2)CC1. The Morgan fingerprint density at radius 3 is 2.50 bits per heavy atom. The summed E-state index contributed by atoms with van der Waals surface area (Å²) in [5, 5.41) is 1.01. The lowest BCUT2D eigenvalue weighted by atomic mass is 10.2. The fourth-order valence-corrected chi connectivity index (χ4v) is 3.52. The lowest BCUT2D eigenvalue weighted by Gasteiger charge is -2.35. The molecule has 0 N–H and O–H groups in total. The van der Waals surface area contributed by atoms with Crippen LogP contribution in [-0.4, -0.2) is 95.9 Å². The van der Waals surface area contributed by atoms with E-state index in [0.717, 1.165) is 64.0 Å². The van der Waals surface area contributed by atoms with E-state index in [4.69, 9.17) is 0 Å². The number of piperazine rings is 2. The second kappa shape index (κ2) is 7.34. The number of rotatable bonds is 4. The van der Waals surface area contributed by atoms with Crippen molar-refractivity contribution in [3.8, 4) is 0 Å². The molecular weight excluding hydrogens is 300 g/mol. The van der Waals surface area contributed by atoms with E-state index in [9.17, 15) is 4.79 Å². The fourth-order valence-electron chi connectivity index (χ4n) is 2.94. The molecule has 8 heteroatoms. The zero-order chi connectivity index (χ0) is 15.4. The molecule has 0 bridgehead atoms. The van der Waals surface area contributed by atoms with Crippen LogP contribution in [0.15, 0.2) is 6.33 Å².